The van der Waals surface area contributed by atoms with Crippen LogP contribution in [0.2, 0.25) is 0 Å². The van der Waals surface area contributed by atoms with Crippen LogP contribution in [0.25, 0.3) is 0 Å². The van der Waals surface area contributed by atoms with Crippen molar-refractivity contribution in [2.75, 3.05) is 0 Å². The number of ketones is 1. The molecule has 0 heterocycles. The first-order valence-corrected chi connectivity index (χ1v) is 7.23. The van der Waals surface area contributed by atoms with Crippen molar-refractivity contribution in [2.24, 2.45) is 0 Å². The monoisotopic (exact) mass is 410 g/mol. The Labute approximate surface area is 121 Å². The van der Waals surface area contributed by atoms with E-state index in [1.165, 1.54) is 0 Å². The van der Waals surface area contributed by atoms with Crippen molar-refractivity contribution < 1.29 is 4.79 Å². The number of hydrogen-bond donors (Lipinski definition) is 0. The molecule has 0 bridgehead atoms. The van der Waals surface area contributed by atoms with Crippen LogP contribution in [0, 0.1) is 0 Å². The molecule has 0 spiro atoms. The van der Waals surface area contributed by atoms with Crippen LogP contribution in [-0.4, -0.2) is 5.78 Å². The summed E-state index contributed by atoms with van der Waals surface area (Å²) in [5, 5.41) is 0. The summed E-state index contributed by atoms with van der Waals surface area (Å²) in [6, 6.07) is 1.95. The minimum absolute atomic E-state index is 0.00769. The second-order valence-electron chi connectivity index (χ2n) is 4.72. The lowest BCUT2D eigenvalue weighted by molar-refractivity contribution is 0.101. The molecule has 4 heteroatoms. The fourth-order valence-corrected chi connectivity index (χ4v) is 3.60. The summed E-state index contributed by atoms with van der Waals surface area (Å²) in [5.74, 6) is 0.0607. The molecular weight excluding hydrogens is 400 g/mol. The van der Waals surface area contributed by atoms with Gasteiger partial charge in [0.05, 0.1) is 0 Å². The van der Waals surface area contributed by atoms with E-state index in [-0.39, 0.29) is 11.2 Å². The van der Waals surface area contributed by atoms with Gasteiger partial charge in [-0.25, -0.2) is 0 Å². The number of rotatable bonds is 1. The molecule has 0 N–H and O–H groups in total. The zero-order chi connectivity index (χ0) is 12.7. The van der Waals surface area contributed by atoms with E-state index in [0.717, 1.165) is 19.0 Å². The number of carbonyl (C=O) groups excluding carboxylic acids is 1. The third kappa shape index (κ3) is 2.77. The van der Waals surface area contributed by atoms with Gasteiger partial charge in [-0.1, -0.05) is 20.8 Å². The zero-order valence-corrected chi connectivity index (χ0v) is 14.4. The Morgan fingerprint density at radius 2 is 1.56 bits per heavy atom. The molecule has 0 saturated carbocycles. The van der Waals surface area contributed by atoms with Crippen LogP contribution in [0.15, 0.2) is 19.5 Å². The molecule has 0 amide bonds. The first-order valence-electron chi connectivity index (χ1n) is 4.85. The normalized spacial score (nSPS) is 11.7. The van der Waals surface area contributed by atoms with Crippen LogP contribution in [-0.2, 0) is 5.41 Å². The third-order valence-corrected chi connectivity index (χ3v) is 5.84. The summed E-state index contributed by atoms with van der Waals surface area (Å²) >= 11 is 10.5. The van der Waals surface area contributed by atoms with Gasteiger partial charge >= 0.3 is 0 Å². The van der Waals surface area contributed by atoms with E-state index in [1.807, 2.05) is 6.07 Å². The standard InChI is InChI=1S/C12H13Br3O/c1-6(16)7-5-8(12(2,3)4)10(14)11(15)9(7)13/h5H,1-4H3. The molecule has 0 fully saturated rings. The molecule has 1 rings (SSSR count). The smallest absolute Gasteiger partial charge is 0.160 e. The highest BCUT2D eigenvalue weighted by molar-refractivity contribution is 9.14. The Morgan fingerprint density at radius 1 is 1.06 bits per heavy atom. The van der Waals surface area contributed by atoms with E-state index in [0.29, 0.717) is 5.56 Å². The SMILES string of the molecule is CC(=O)c1cc(C(C)(C)C)c(Br)c(Br)c1Br. The minimum Gasteiger partial charge on any atom is -0.294 e. The highest BCUT2D eigenvalue weighted by atomic mass is 79.9. The van der Waals surface area contributed by atoms with Crippen molar-refractivity contribution in [3.63, 3.8) is 0 Å². The van der Waals surface area contributed by atoms with Gasteiger partial charge in [-0.2, -0.15) is 0 Å². The van der Waals surface area contributed by atoms with E-state index in [1.54, 1.807) is 6.92 Å². The number of hydrogen-bond acceptors (Lipinski definition) is 1. The highest BCUT2D eigenvalue weighted by Crippen LogP contribution is 2.41. The van der Waals surface area contributed by atoms with Gasteiger partial charge in [0.1, 0.15) is 0 Å². The van der Waals surface area contributed by atoms with Crippen molar-refractivity contribution >= 4 is 53.6 Å². The third-order valence-electron chi connectivity index (χ3n) is 2.33. The van der Waals surface area contributed by atoms with Gasteiger partial charge in [0, 0.05) is 19.0 Å². The fraction of sp³-hybridized carbons (Fsp3) is 0.417. The molecule has 0 radical (unpaired) electrons. The van der Waals surface area contributed by atoms with Crippen molar-refractivity contribution in [2.45, 2.75) is 33.1 Å². The topological polar surface area (TPSA) is 17.1 Å². The first-order chi connectivity index (χ1) is 7.16. The first kappa shape index (κ1) is 14.4. The molecule has 1 aromatic carbocycles. The van der Waals surface area contributed by atoms with Crippen molar-refractivity contribution in [3.8, 4) is 0 Å². The van der Waals surface area contributed by atoms with Crippen LogP contribution in [0.4, 0.5) is 0 Å². The molecule has 0 saturated heterocycles. The van der Waals surface area contributed by atoms with Crippen LogP contribution in [0.5, 0.6) is 0 Å². The molecule has 0 aromatic heterocycles. The molecule has 1 aromatic rings. The van der Waals surface area contributed by atoms with Gasteiger partial charge in [-0.05, 0) is 71.8 Å². The Balaban J connectivity index is 3.61. The number of carbonyl (C=O) groups is 1. The van der Waals surface area contributed by atoms with Gasteiger partial charge in [0.15, 0.2) is 5.78 Å². The second-order valence-corrected chi connectivity index (χ2v) is 7.10. The van der Waals surface area contributed by atoms with E-state index in [4.69, 9.17) is 0 Å². The molecule has 88 valence electrons. The molecule has 0 unspecified atom stereocenters. The molecule has 0 aliphatic carbocycles. The summed E-state index contributed by atoms with van der Waals surface area (Å²) < 4.78 is 2.70. The average Bonchev–Trinajstić information content (AvgIpc) is 2.11. The number of halogens is 3. The van der Waals surface area contributed by atoms with Crippen molar-refractivity contribution in [1.82, 2.24) is 0 Å². The number of benzene rings is 1. The average molecular weight is 413 g/mol. The molecule has 16 heavy (non-hydrogen) atoms. The lowest BCUT2D eigenvalue weighted by Crippen LogP contribution is -2.14. The van der Waals surface area contributed by atoms with Gasteiger partial charge in [0.25, 0.3) is 0 Å². The zero-order valence-electron chi connectivity index (χ0n) is 9.62. The van der Waals surface area contributed by atoms with Crippen LogP contribution in [0.1, 0.15) is 43.6 Å². The summed E-state index contributed by atoms with van der Waals surface area (Å²) in [6.07, 6.45) is 0. The van der Waals surface area contributed by atoms with Crippen LogP contribution < -0.4 is 0 Å². The maximum atomic E-state index is 11.5. The number of Topliss-reactive ketones (excluding diaryl/α,β-unsaturated/α-hetero) is 1. The predicted molar refractivity (Wildman–Crippen MR) is 78.2 cm³/mol. The van der Waals surface area contributed by atoms with E-state index in [2.05, 4.69) is 68.6 Å². The van der Waals surface area contributed by atoms with Gasteiger partial charge in [0.2, 0.25) is 0 Å². The van der Waals surface area contributed by atoms with Gasteiger partial charge in [-0.3, -0.25) is 4.79 Å². The summed E-state index contributed by atoms with van der Waals surface area (Å²) in [4.78, 5) is 11.5. The van der Waals surface area contributed by atoms with Crippen molar-refractivity contribution in [3.05, 3.63) is 30.6 Å². The molecule has 0 atom stereocenters. The predicted octanol–water partition coefficient (Wildman–Crippen LogP) is 5.47. The van der Waals surface area contributed by atoms with Gasteiger partial charge < -0.3 is 0 Å². The van der Waals surface area contributed by atoms with E-state index >= 15 is 0 Å². The highest BCUT2D eigenvalue weighted by Gasteiger charge is 2.23. The Kier molecular flexibility index (Phi) is 4.41. The van der Waals surface area contributed by atoms with Gasteiger partial charge in [-0.15, -0.1) is 0 Å². The summed E-state index contributed by atoms with van der Waals surface area (Å²) in [5.41, 5.74) is 1.82. The molecule has 0 aliphatic heterocycles. The molecular formula is C12H13Br3O. The van der Waals surface area contributed by atoms with E-state index in [9.17, 15) is 4.79 Å². The summed E-state index contributed by atoms with van der Waals surface area (Å²) in [7, 11) is 0. The Morgan fingerprint density at radius 3 is 1.94 bits per heavy atom. The molecule has 1 nitrogen and oxygen atoms in total. The lowest BCUT2D eigenvalue weighted by atomic mass is 9.86. The minimum atomic E-state index is -0.00769. The largest absolute Gasteiger partial charge is 0.294 e. The maximum absolute atomic E-state index is 11.5. The second kappa shape index (κ2) is 4.91. The quantitative estimate of drug-likeness (QED) is 0.441. The van der Waals surface area contributed by atoms with Crippen molar-refractivity contribution in [1.29, 1.82) is 0 Å². The van der Waals surface area contributed by atoms with Crippen LogP contribution in [0.3, 0.4) is 0 Å². The fourth-order valence-electron chi connectivity index (χ4n) is 1.41. The Bertz CT molecular complexity index is 445. The summed E-state index contributed by atoms with van der Waals surface area (Å²) in [6.45, 7) is 7.94. The van der Waals surface area contributed by atoms with Crippen LogP contribution >= 0.6 is 47.8 Å². The lowest BCUT2D eigenvalue weighted by Gasteiger charge is -2.23. The maximum Gasteiger partial charge on any atom is 0.160 e. The Hall–Kier alpha value is 0.330. The molecule has 0 aliphatic rings. The van der Waals surface area contributed by atoms with E-state index < -0.39 is 0 Å².